The number of carbonyl (C=O) groups is 1. The molecule has 1 amide bonds. The van der Waals surface area contributed by atoms with Gasteiger partial charge in [-0.1, -0.05) is 12.8 Å². The lowest BCUT2D eigenvalue weighted by Crippen LogP contribution is -2.50. The summed E-state index contributed by atoms with van der Waals surface area (Å²) in [5.74, 6) is 0.338. The van der Waals surface area contributed by atoms with Crippen LogP contribution in [-0.4, -0.2) is 38.7 Å². The highest BCUT2D eigenvalue weighted by Crippen LogP contribution is 2.28. The van der Waals surface area contributed by atoms with E-state index in [9.17, 15) is 13.6 Å². The third kappa shape index (κ3) is 5.61. The first kappa shape index (κ1) is 21.8. The quantitative estimate of drug-likeness (QED) is 0.564. The zero-order chi connectivity index (χ0) is 21.2. The SMILES string of the molecule is CC(C)(C)OC(=O)NC1CCCCC1Nc1ncc2c(C(F)F)ncc(I)c2n1. The Morgan fingerprint density at radius 3 is 2.55 bits per heavy atom. The van der Waals surface area contributed by atoms with Crippen molar-refractivity contribution in [3.05, 3.63) is 21.7 Å². The van der Waals surface area contributed by atoms with Gasteiger partial charge in [-0.25, -0.2) is 23.5 Å². The minimum absolute atomic E-state index is 0.0808. The standard InChI is InChI=1S/C19H24F2IN5O2/c1-19(2,3)29-18(28)26-13-7-5-4-6-12(13)25-17-24-8-10-14(27-17)11(22)9-23-15(10)16(20)21/h8-9,12-13,16H,4-7H2,1-3H3,(H,26,28)(H,24,25,27). The molecule has 0 aliphatic heterocycles. The van der Waals surface area contributed by atoms with Crippen molar-refractivity contribution in [2.24, 2.45) is 0 Å². The molecule has 2 atom stereocenters. The summed E-state index contributed by atoms with van der Waals surface area (Å²) in [6, 6.07) is -0.214. The number of fused-ring (bicyclic) bond motifs is 1. The molecular weight excluding hydrogens is 495 g/mol. The van der Waals surface area contributed by atoms with Crippen LogP contribution in [-0.2, 0) is 4.74 Å². The van der Waals surface area contributed by atoms with Crippen molar-refractivity contribution in [1.82, 2.24) is 20.3 Å². The molecule has 0 spiro atoms. The lowest BCUT2D eigenvalue weighted by atomic mass is 9.90. The van der Waals surface area contributed by atoms with E-state index in [4.69, 9.17) is 4.74 Å². The largest absolute Gasteiger partial charge is 0.444 e. The van der Waals surface area contributed by atoms with Gasteiger partial charge in [-0.15, -0.1) is 0 Å². The van der Waals surface area contributed by atoms with Gasteiger partial charge in [0.15, 0.2) is 0 Å². The molecule has 2 aromatic heterocycles. The smallest absolute Gasteiger partial charge is 0.407 e. The van der Waals surface area contributed by atoms with E-state index in [1.165, 1.54) is 12.4 Å². The number of hydrogen-bond acceptors (Lipinski definition) is 6. The summed E-state index contributed by atoms with van der Waals surface area (Å²) in [7, 11) is 0. The second-order valence-corrected chi connectivity index (χ2v) is 9.20. The molecule has 0 radical (unpaired) electrons. The van der Waals surface area contributed by atoms with Crippen molar-refractivity contribution in [2.75, 3.05) is 5.32 Å². The molecule has 10 heteroatoms. The van der Waals surface area contributed by atoms with Crippen LogP contribution in [0.5, 0.6) is 0 Å². The summed E-state index contributed by atoms with van der Waals surface area (Å²) >= 11 is 2.02. The maximum atomic E-state index is 13.2. The van der Waals surface area contributed by atoms with Crippen LogP contribution in [0.25, 0.3) is 10.9 Å². The summed E-state index contributed by atoms with van der Waals surface area (Å²) in [4.78, 5) is 24.6. The summed E-state index contributed by atoms with van der Waals surface area (Å²) in [5, 5.41) is 6.43. The average molecular weight is 519 g/mol. The van der Waals surface area contributed by atoms with Crippen molar-refractivity contribution in [1.29, 1.82) is 0 Å². The highest BCUT2D eigenvalue weighted by molar-refractivity contribution is 14.1. The van der Waals surface area contributed by atoms with Gasteiger partial charge < -0.3 is 15.4 Å². The van der Waals surface area contributed by atoms with Crippen molar-refractivity contribution in [2.45, 2.75) is 70.6 Å². The first-order valence-electron chi connectivity index (χ1n) is 9.49. The van der Waals surface area contributed by atoms with Crippen LogP contribution in [0.1, 0.15) is 58.6 Å². The zero-order valence-electron chi connectivity index (χ0n) is 16.5. The number of anilines is 1. The van der Waals surface area contributed by atoms with Crippen molar-refractivity contribution in [3.63, 3.8) is 0 Å². The number of nitrogens with one attached hydrogen (secondary N) is 2. The molecule has 2 N–H and O–H groups in total. The normalized spacial score (nSPS) is 20.0. The van der Waals surface area contributed by atoms with Crippen LogP contribution in [0.4, 0.5) is 19.5 Å². The van der Waals surface area contributed by atoms with E-state index in [1.54, 1.807) is 0 Å². The summed E-state index contributed by atoms with van der Waals surface area (Å²) in [5.41, 5.74) is -0.467. The van der Waals surface area contributed by atoms with Gasteiger partial charge in [0, 0.05) is 23.8 Å². The molecule has 1 saturated carbocycles. The third-order valence-electron chi connectivity index (χ3n) is 4.60. The third-order valence-corrected chi connectivity index (χ3v) is 5.39. The zero-order valence-corrected chi connectivity index (χ0v) is 18.7. The Hall–Kier alpha value is -1.85. The monoisotopic (exact) mass is 519 g/mol. The van der Waals surface area contributed by atoms with Gasteiger partial charge in [-0.05, 0) is 56.2 Å². The van der Waals surface area contributed by atoms with Crippen molar-refractivity contribution < 1.29 is 18.3 Å². The lowest BCUT2D eigenvalue weighted by molar-refractivity contribution is 0.0488. The van der Waals surface area contributed by atoms with E-state index < -0.39 is 18.1 Å². The first-order valence-corrected chi connectivity index (χ1v) is 10.6. The van der Waals surface area contributed by atoms with E-state index in [0.29, 0.717) is 15.0 Å². The van der Waals surface area contributed by atoms with Crippen LogP contribution in [0.2, 0.25) is 0 Å². The van der Waals surface area contributed by atoms with E-state index >= 15 is 0 Å². The van der Waals surface area contributed by atoms with Gasteiger partial charge in [-0.3, -0.25) is 4.98 Å². The van der Waals surface area contributed by atoms with E-state index in [2.05, 4.69) is 25.6 Å². The highest BCUT2D eigenvalue weighted by atomic mass is 127. The first-order chi connectivity index (χ1) is 13.6. The Balaban J connectivity index is 1.79. The number of alkyl halides is 2. The molecule has 0 aromatic carbocycles. The van der Waals surface area contributed by atoms with Crippen molar-refractivity contribution >= 4 is 45.5 Å². The molecule has 29 heavy (non-hydrogen) atoms. The predicted molar refractivity (Wildman–Crippen MR) is 114 cm³/mol. The maximum Gasteiger partial charge on any atom is 0.407 e. The second kappa shape index (κ2) is 8.88. The fourth-order valence-corrected chi connectivity index (χ4v) is 3.90. The molecule has 1 aliphatic carbocycles. The average Bonchev–Trinajstić information content (AvgIpc) is 2.62. The Labute approximate surface area is 181 Å². The molecule has 1 aliphatic rings. The predicted octanol–water partition coefficient (Wildman–Crippen LogP) is 4.81. The number of hydrogen-bond donors (Lipinski definition) is 2. The number of amides is 1. The van der Waals surface area contributed by atoms with Gasteiger partial charge in [0.25, 0.3) is 6.43 Å². The van der Waals surface area contributed by atoms with E-state index in [0.717, 1.165) is 25.7 Å². The summed E-state index contributed by atoms with van der Waals surface area (Å²) in [6.07, 6.45) is 3.25. The summed E-state index contributed by atoms with van der Waals surface area (Å²) in [6.45, 7) is 5.45. The molecular formula is C19H24F2IN5O2. The molecule has 158 valence electrons. The molecule has 2 unspecified atom stereocenters. The minimum Gasteiger partial charge on any atom is -0.444 e. The van der Waals surface area contributed by atoms with Crippen molar-refractivity contribution in [3.8, 4) is 0 Å². The van der Waals surface area contributed by atoms with Crippen LogP contribution < -0.4 is 10.6 Å². The Bertz CT molecular complexity index is 891. The van der Waals surface area contributed by atoms with Crippen LogP contribution in [0.15, 0.2) is 12.4 Å². The Morgan fingerprint density at radius 1 is 1.21 bits per heavy atom. The molecule has 3 rings (SSSR count). The molecule has 0 saturated heterocycles. The number of ether oxygens (including phenoxy) is 1. The number of halogens is 3. The van der Waals surface area contributed by atoms with Crippen LogP contribution in [0.3, 0.4) is 0 Å². The fraction of sp³-hybridized carbons (Fsp3) is 0.579. The number of pyridine rings is 1. The Morgan fingerprint density at radius 2 is 1.90 bits per heavy atom. The lowest BCUT2D eigenvalue weighted by Gasteiger charge is -2.33. The highest BCUT2D eigenvalue weighted by Gasteiger charge is 2.29. The molecule has 0 bridgehead atoms. The minimum atomic E-state index is -2.70. The molecule has 2 heterocycles. The fourth-order valence-electron chi connectivity index (χ4n) is 3.35. The molecule has 1 fully saturated rings. The van der Waals surface area contributed by atoms with Gasteiger partial charge in [0.05, 0.1) is 15.1 Å². The molecule has 7 nitrogen and oxygen atoms in total. The number of rotatable bonds is 4. The Kier molecular flexibility index (Phi) is 6.69. The number of carbonyl (C=O) groups excluding carboxylic acids is 1. The topological polar surface area (TPSA) is 89.0 Å². The van der Waals surface area contributed by atoms with Gasteiger partial charge in [-0.2, -0.15) is 0 Å². The van der Waals surface area contributed by atoms with Gasteiger partial charge in [0.2, 0.25) is 5.95 Å². The second-order valence-electron chi connectivity index (χ2n) is 8.04. The van der Waals surface area contributed by atoms with Gasteiger partial charge in [0.1, 0.15) is 11.3 Å². The van der Waals surface area contributed by atoms with Crippen LogP contribution >= 0.6 is 22.6 Å². The number of nitrogens with zero attached hydrogens (tertiary/aromatic N) is 3. The summed E-state index contributed by atoms with van der Waals surface area (Å²) < 4.78 is 32.4. The van der Waals surface area contributed by atoms with Crippen LogP contribution in [0, 0.1) is 3.57 Å². The number of aromatic nitrogens is 3. The molecule has 2 aromatic rings. The number of alkyl carbamates (subject to hydrolysis) is 1. The van der Waals surface area contributed by atoms with Gasteiger partial charge >= 0.3 is 6.09 Å². The maximum absolute atomic E-state index is 13.2. The van der Waals surface area contributed by atoms with E-state index in [-0.39, 0.29) is 23.2 Å². The van der Waals surface area contributed by atoms with E-state index in [1.807, 2.05) is 43.4 Å².